The molecule has 0 saturated carbocycles. The number of piperidine rings is 1. The summed E-state index contributed by atoms with van der Waals surface area (Å²) in [6, 6.07) is 8.92. The smallest absolute Gasteiger partial charge is 0.124 e. The van der Waals surface area contributed by atoms with Crippen LogP contribution in [0.4, 0.5) is 0 Å². The van der Waals surface area contributed by atoms with Crippen molar-refractivity contribution in [1.82, 2.24) is 10.2 Å². The molecule has 1 N–H and O–H groups in total. The molecule has 1 aliphatic rings. The van der Waals surface area contributed by atoms with Crippen LogP contribution in [0, 0.1) is 0 Å². The minimum atomic E-state index is 0.566. The topological polar surface area (TPSA) is 24.5 Å². The number of benzene rings is 1. The number of hydrogen-bond acceptors (Lipinski definition) is 3. The zero-order valence-electron chi connectivity index (χ0n) is 11.8. The van der Waals surface area contributed by atoms with Gasteiger partial charge in [0.15, 0.2) is 0 Å². The van der Waals surface area contributed by atoms with E-state index in [1.165, 1.54) is 24.9 Å². The van der Waals surface area contributed by atoms with Crippen molar-refractivity contribution in [1.29, 1.82) is 0 Å². The van der Waals surface area contributed by atoms with Crippen LogP contribution in [0.25, 0.3) is 0 Å². The fourth-order valence-electron chi connectivity index (χ4n) is 2.60. The van der Waals surface area contributed by atoms with Gasteiger partial charge in [-0.05, 0) is 32.5 Å². The second-order valence-corrected chi connectivity index (χ2v) is 5.07. The molecule has 1 saturated heterocycles. The van der Waals surface area contributed by atoms with Crippen LogP contribution in [0.3, 0.4) is 0 Å². The van der Waals surface area contributed by atoms with E-state index in [2.05, 4.69) is 36.0 Å². The summed E-state index contributed by atoms with van der Waals surface area (Å²) in [5.74, 6) is 0.981. The van der Waals surface area contributed by atoms with E-state index in [9.17, 15) is 0 Å². The van der Waals surface area contributed by atoms with Gasteiger partial charge in [0.05, 0.1) is 0 Å². The third-order valence-corrected chi connectivity index (χ3v) is 3.64. The molecule has 3 nitrogen and oxygen atoms in total. The average molecular weight is 260 g/mol. The zero-order valence-corrected chi connectivity index (χ0v) is 11.8. The molecule has 2 rings (SSSR count). The Kier molecular flexibility index (Phi) is 5.43. The molecule has 0 radical (unpaired) electrons. The van der Waals surface area contributed by atoms with E-state index >= 15 is 0 Å². The van der Waals surface area contributed by atoms with E-state index < -0.39 is 0 Å². The van der Waals surface area contributed by atoms with Crippen LogP contribution in [0.5, 0.6) is 5.75 Å². The number of nitrogens with one attached hydrogen (secondary N) is 1. The minimum absolute atomic E-state index is 0.566. The van der Waals surface area contributed by atoms with Gasteiger partial charge in [0.2, 0.25) is 0 Å². The van der Waals surface area contributed by atoms with Crippen LogP contribution < -0.4 is 10.1 Å². The first-order chi connectivity index (χ1) is 9.33. The number of hydrogen-bond donors (Lipinski definition) is 1. The summed E-state index contributed by atoms with van der Waals surface area (Å²) < 4.78 is 5.72. The van der Waals surface area contributed by atoms with Crippen molar-refractivity contribution in [2.45, 2.75) is 25.4 Å². The molecule has 1 unspecified atom stereocenters. The molecule has 3 heteroatoms. The monoisotopic (exact) mass is 260 g/mol. The lowest BCUT2D eigenvalue weighted by molar-refractivity contribution is 0.185. The molecule has 1 aliphatic heterocycles. The van der Waals surface area contributed by atoms with Gasteiger partial charge in [0.1, 0.15) is 12.4 Å². The Bertz CT molecular complexity index is 405. The first kappa shape index (κ1) is 14.1. The molecule has 0 aromatic heterocycles. The van der Waals surface area contributed by atoms with Crippen molar-refractivity contribution in [3.63, 3.8) is 0 Å². The van der Waals surface area contributed by atoms with Crippen molar-refractivity contribution in [2.75, 3.05) is 26.7 Å². The molecule has 19 heavy (non-hydrogen) atoms. The van der Waals surface area contributed by atoms with Gasteiger partial charge in [0.25, 0.3) is 0 Å². The van der Waals surface area contributed by atoms with E-state index in [-0.39, 0.29) is 0 Å². The van der Waals surface area contributed by atoms with E-state index in [1.807, 2.05) is 12.1 Å². The van der Waals surface area contributed by atoms with Gasteiger partial charge in [-0.25, -0.2) is 0 Å². The molecule has 0 aliphatic carbocycles. The van der Waals surface area contributed by atoms with Crippen LogP contribution in [0.15, 0.2) is 36.9 Å². The first-order valence-corrected chi connectivity index (χ1v) is 7.04. The van der Waals surface area contributed by atoms with Crippen LogP contribution >= 0.6 is 0 Å². The second-order valence-electron chi connectivity index (χ2n) is 5.07. The maximum Gasteiger partial charge on any atom is 0.124 e. The normalized spacial score (nSPS) is 20.2. The van der Waals surface area contributed by atoms with Crippen molar-refractivity contribution in [2.24, 2.45) is 0 Å². The maximum atomic E-state index is 5.72. The molecule has 0 amide bonds. The van der Waals surface area contributed by atoms with E-state index in [1.54, 1.807) is 6.08 Å². The number of likely N-dealkylation sites (N-methyl/N-ethyl adjacent to an activating group) is 1. The predicted molar refractivity (Wildman–Crippen MR) is 79.5 cm³/mol. The molecule has 0 spiro atoms. The van der Waals surface area contributed by atoms with E-state index in [4.69, 9.17) is 4.74 Å². The van der Waals surface area contributed by atoms with Crippen molar-refractivity contribution >= 4 is 0 Å². The zero-order chi connectivity index (χ0) is 13.5. The Balaban J connectivity index is 1.99. The fraction of sp³-hybridized carbons (Fsp3) is 0.500. The minimum Gasteiger partial charge on any atom is -0.489 e. The van der Waals surface area contributed by atoms with Gasteiger partial charge in [0, 0.05) is 24.7 Å². The third-order valence-electron chi connectivity index (χ3n) is 3.64. The summed E-state index contributed by atoms with van der Waals surface area (Å²) >= 11 is 0. The highest BCUT2D eigenvalue weighted by Crippen LogP contribution is 2.21. The molecule has 0 bridgehead atoms. The largest absolute Gasteiger partial charge is 0.489 e. The summed E-state index contributed by atoms with van der Waals surface area (Å²) in [5.41, 5.74) is 1.26. The number of para-hydroxylation sites is 1. The standard InChI is InChI=1S/C16H24N2O/c1-3-11-19-16-9-5-4-7-14(16)12-18-10-6-8-15(13-18)17-2/h3-5,7,9,15,17H,1,6,8,10-13H2,2H3. The van der Waals surface area contributed by atoms with Crippen LogP contribution in [-0.2, 0) is 6.54 Å². The molecule has 1 fully saturated rings. The van der Waals surface area contributed by atoms with E-state index in [0.717, 1.165) is 18.8 Å². The molecule has 1 atom stereocenters. The van der Waals surface area contributed by atoms with Gasteiger partial charge < -0.3 is 10.1 Å². The Labute approximate surface area is 116 Å². The molecule has 1 aromatic carbocycles. The Morgan fingerprint density at radius 2 is 2.32 bits per heavy atom. The second kappa shape index (κ2) is 7.31. The lowest BCUT2D eigenvalue weighted by Crippen LogP contribution is -2.43. The van der Waals surface area contributed by atoms with Gasteiger partial charge >= 0.3 is 0 Å². The highest BCUT2D eigenvalue weighted by Gasteiger charge is 2.19. The van der Waals surface area contributed by atoms with Crippen LogP contribution in [-0.4, -0.2) is 37.7 Å². The quantitative estimate of drug-likeness (QED) is 0.795. The maximum absolute atomic E-state index is 5.72. The van der Waals surface area contributed by atoms with Crippen molar-refractivity contribution < 1.29 is 4.74 Å². The number of nitrogens with zero attached hydrogens (tertiary/aromatic N) is 1. The SMILES string of the molecule is C=CCOc1ccccc1CN1CCCC(NC)C1. The van der Waals surface area contributed by atoms with Crippen LogP contribution in [0.1, 0.15) is 18.4 Å². The van der Waals surface area contributed by atoms with Crippen molar-refractivity contribution in [3.05, 3.63) is 42.5 Å². The number of ether oxygens (including phenoxy) is 1. The van der Waals surface area contributed by atoms with Gasteiger partial charge in [-0.3, -0.25) is 4.90 Å². The van der Waals surface area contributed by atoms with Crippen molar-refractivity contribution in [3.8, 4) is 5.75 Å². The molecule has 1 aromatic rings. The average Bonchev–Trinajstić information content (AvgIpc) is 2.46. The number of rotatable bonds is 6. The third kappa shape index (κ3) is 4.08. The Morgan fingerprint density at radius 3 is 3.11 bits per heavy atom. The van der Waals surface area contributed by atoms with E-state index in [0.29, 0.717) is 12.6 Å². The summed E-state index contributed by atoms with van der Waals surface area (Å²) in [5, 5.41) is 3.38. The highest BCUT2D eigenvalue weighted by molar-refractivity contribution is 5.33. The molecule has 1 heterocycles. The van der Waals surface area contributed by atoms with Gasteiger partial charge in [-0.1, -0.05) is 30.9 Å². The lowest BCUT2D eigenvalue weighted by Gasteiger charge is -2.32. The summed E-state index contributed by atoms with van der Waals surface area (Å²) in [6.07, 6.45) is 4.33. The number of likely N-dealkylation sites (tertiary alicyclic amines) is 1. The van der Waals surface area contributed by atoms with Crippen LogP contribution in [0.2, 0.25) is 0 Å². The Hall–Kier alpha value is -1.32. The predicted octanol–water partition coefficient (Wildman–Crippen LogP) is 2.44. The molecular formula is C16H24N2O. The first-order valence-electron chi connectivity index (χ1n) is 7.04. The fourth-order valence-corrected chi connectivity index (χ4v) is 2.60. The lowest BCUT2D eigenvalue weighted by atomic mass is 10.0. The van der Waals surface area contributed by atoms with Gasteiger partial charge in [-0.15, -0.1) is 0 Å². The molecule has 104 valence electrons. The summed E-state index contributed by atoms with van der Waals surface area (Å²) in [4.78, 5) is 2.50. The van der Waals surface area contributed by atoms with Gasteiger partial charge in [-0.2, -0.15) is 0 Å². The Morgan fingerprint density at radius 1 is 1.47 bits per heavy atom. The summed E-state index contributed by atoms with van der Waals surface area (Å²) in [6.45, 7) is 7.52. The summed E-state index contributed by atoms with van der Waals surface area (Å²) in [7, 11) is 2.05. The highest BCUT2D eigenvalue weighted by atomic mass is 16.5. The molecular weight excluding hydrogens is 236 g/mol.